The number of benzene rings is 1. The summed E-state index contributed by atoms with van der Waals surface area (Å²) in [5.41, 5.74) is 0.829. The third kappa shape index (κ3) is 7.01. The van der Waals surface area contributed by atoms with Crippen molar-refractivity contribution in [2.75, 3.05) is 26.8 Å². The molecule has 3 heteroatoms. The Morgan fingerprint density at radius 2 is 1.95 bits per heavy atom. The molecule has 0 aliphatic rings. The van der Waals surface area contributed by atoms with Crippen LogP contribution in [0.4, 0.5) is 4.39 Å². The molecule has 0 aromatic heterocycles. The number of ether oxygens (including phenoxy) is 1. The second-order valence-corrected chi connectivity index (χ2v) is 5.83. The van der Waals surface area contributed by atoms with Crippen LogP contribution in [-0.4, -0.2) is 26.8 Å². The molecule has 0 heterocycles. The maximum absolute atomic E-state index is 13.8. The highest BCUT2D eigenvalue weighted by atomic mass is 19.1. The lowest BCUT2D eigenvalue weighted by atomic mass is 9.91. The lowest BCUT2D eigenvalue weighted by molar-refractivity contribution is 0.197. The molecule has 2 nitrogen and oxygen atoms in total. The van der Waals surface area contributed by atoms with E-state index in [0.717, 1.165) is 38.1 Å². The summed E-state index contributed by atoms with van der Waals surface area (Å²) in [6.45, 7) is 6.96. The minimum Gasteiger partial charge on any atom is -0.383 e. The van der Waals surface area contributed by atoms with Crippen molar-refractivity contribution in [3.05, 3.63) is 35.6 Å². The molecule has 0 spiro atoms. The lowest BCUT2D eigenvalue weighted by Gasteiger charge is -2.19. The predicted molar refractivity (Wildman–Crippen MR) is 82.4 cm³/mol. The summed E-state index contributed by atoms with van der Waals surface area (Å²) in [4.78, 5) is 0. The first kappa shape index (κ1) is 17.1. The van der Waals surface area contributed by atoms with Crippen LogP contribution in [0.15, 0.2) is 24.3 Å². The molecule has 0 saturated carbocycles. The van der Waals surface area contributed by atoms with Crippen LogP contribution in [0.1, 0.15) is 32.3 Å². The summed E-state index contributed by atoms with van der Waals surface area (Å²) >= 11 is 0. The largest absolute Gasteiger partial charge is 0.383 e. The molecule has 0 amide bonds. The highest BCUT2D eigenvalue weighted by Crippen LogP contribution is 2.18. The lowest BCUT2D eigenvalue weighted by Crippen LogP contribution is -2.27. The number of nitrogens with one attached hydrogen (secondary N) is 1. The Morgan fingerprint density at radius 1 is 1.20 bits per heavy atom. The van der Waals surface area contributed by atoms with Gasteiger partial charge in [0.05, 0.1) is 6.61 Å². The predicted octanol–water partition coefficient (Wildman–Crippen LogP) is 3.66. The minimum absolute atomic E-state index is 0.0843. The highest BCUT2D eigenvalue weighted by Gasteiger charge is 2.12. The average Bonchev–Trinajstić information content (AvgIpc) is 2.42. The Labute approximate surface area is 122 Å². The maximum atomic E-state index is 13.8. The maximum Gasteiger partial charge on any atom is 0.126 e. The zero-order valence-electron chi connectivity index (χ0n) is 13.0. The topological polar surface area (TPSA) is 21.3 Å². The Bertz CT molecular complexity index is 368. The molecule has 1 unspecified atom stereocenters. The molecule has 0 saturated heterocycles. The van der Waals surface area contributed by atoms with Gasteiger partial charge in [0, 0.05) is 13.7 Å². The first-order chi connectivity index (χ1) is 9.63. The summed E-state index contributed by atoms with van der Waals surface area (Å²) in [6, 6.07) is 7.11. The molecule has 0 aliphatic heterocycles. The second kappa shape index (κ2) is 9.89. The Hall–Kier alpha value is -0.930. The fourth-order valence-electron chi connectivity index (χ4n) is 2.30. The zero-order chi connectivity index (χ0) is 14.8. The summed E-state index contributed by atoms with van der Waals surface area (Å²) in [5, 5.41) is 3.40. The fourth-order valence-corrected chi connectivity index (χ4v) is 2.30. The number of hydrogen-bond donors (Lipinski definition) is 1. The van der Waals surface area contributed by atoms with Crippen LogP contribution in [0, 0.1) is 17.7 Å². The summed E-state index contributed by atoms with van der Waals surface area (Å²) in [5.74, 6) is 1.09. The van der Waals surface area contributed by atoms with Crippen molar-refractivity contribution in [1.29, 1.82) is 0 Å². The molecule has 1 atom stereocenters. The molecular formula is C17H28FNO. The van der Waals surface area contributed by atoms with E-state index in [1.807, 2.05) is 12.1 Å². The molecule has 0 radical (unpaired) electrons. The van der Waals surface area contributed by atoms with E-state index >= 15 is 0 Å². The minimum atomic E-state index is -0.0843. The third-order valence-electron chi connectivity index (χ3n) is 3.53. The normalized spacial score (nSPS) is 12.8. The standard InChI is InChI=1S/C17H28FNO/c1-14(2)8-9-15(13-19-10-11-20-3)12-16-6-4-5-7-17(16)18/h4-7,14-15,19H,8-13H2,1-3H3. The van der Waals surface area contributed by atoms with Gasteiger partial charge in [-0.15, -0.1) is 0 Å². The number of rotatable bonds is 10. The van der Waals surface area contributed by atoms with Crippen molar-refractivity contribution in [2.24, 2.45) is 11.8 Å². The first-order valence-corrected chi connectivity index (χ1v) is 7.56. The highest BCUT2D eigenvalue weighted by molar-refractivity contribution is 5.17. The molecule has 0 fully saturated rings. The van der Waals surface area contributed by atoms with E-state index in [1.54, 1.807) is 19.2 Å². The molecule has 0 aliphatic carbocycles. The number of methoxy groups -OCH3 is 1. The molecule has 1 aromatic rings. The molecule has 1 aromatic carbocycles. The van der Waals surface area contributed by atoms with Crippen molar-refractivity contribution < 1.29 is 9.13 Å². The van der Waals surface area contributed by atoms with Gasteiger partial charge in [-0.05, 0) is 42.9 Å². The SMILES string of the molecule is COCCNCC(CCC(C)C)Cc1ccccc1F. The van der Waals surface area contributed by atoms with Crippen LogP contribution < -0.4 is 5.32 Å². The average molecular weight is 281 g/mol. The fraction of sp³-hybridized carbons (Fsp3) is 0.647. The molecule has 1 rings (SSSR count). The van der Waals surface area contributed by atoms with Crippen molar-refractivity contribution in [2.45, 2.75) is 33.1 Å². The van der Waals surface area contributed by atoms with E-state index in [9.17, 15) is 4.39 Å². The molecule has 0 bridgehead atoms. The van der Waals surface area contributed by atoms with E-state index in [2.05, 4.69) is 19.2 Å². The Kier molecular flexibility index (Phi) is 8.47. The first-order valence-electron chi connectivity index (χ1n) is 7.56. The molecular weight excluding hydrogens is 253 g/mol. The smallest absolute Gasteiger partial charge is 0.126 e. The quantitative estimate of drug-likeness (QED) is 0.661. The Balaban J connectivity index is 2.50. The van der Waals surface area contributed by atoms with Gasteiger partial charge in [-0.25, -0.2) is 4.39 Å². The van der Waals surface area contributed by atoms with Gasteiger partial charge in [-0.3, -0.25) is 0 Å². The third-order valence-corrected chi connectivity index (χ3v) is 3.53. The summed E-state index contributed by atoms with van der Waals surface area (Å²) in [7, 11) is 1.71. The van der Waals surface area contributed by atoms with E-state index in [1.165, 1.54) is 6.42 Å². The summed E-state index contributed by atoms with van der Waals surface area (Å²) < 4.78 is 18.8. The number of hydrogen-bond acceptors (Lipinski definition) is 2. The molecule has 1 N–H and O–H groups in total. The number of halogens is 1. The van der Waals surface area contributed by atoms with Gasteiger partial charge in [0.2, 0.25) is 0 Å². The van der Waals surface area contributed by atoms with Crippen LogP contribution in [0.5, 0.6) is 0 Å². The van der Waals surface area contributed by atoms with Gasteiger partial charge >= 0.3 is 0 Å². The van der Waals surface area contributed by atoms with E-state index in [4.69, 9.17) is 4.74 Å². The molecule has 114 valence electrons. The van der Waals surface area contributed by atoms with Crippen LogP contribution in [0.3, 0.4) is 0 Å². The molecule has 20 heavy (non-hydrogen) atoms. The van der Waals surface area contributed by atoms with Crippen molar-refractivity contribution in [1.82, 2.24) is 5.32 Å². The van der Waals surface area contributed by atoms with Crippen LogP contribution in [0.25, 0.3) is 0 Å². The Morgan fingerprint density at radius 3 is 2.60 bits per heavy atom. The zero-order valence-corrected chi connectivity index (χ0v) is 13.0. The van der Waals surface area contributed by atoms with E-state index in [-0.39, 0.29) is 5.82 Å². The van der Waals surface area contributed by atoms with Crippen molar-refractivity contribution in [3.8, 4) is 0 Å². The second-order valence-electron chi connectivity index (χ2n) is 5.83. The monoisotopic (exact) mass is 281 g/mol. The van der Waals surface area contributed by atoms with Gasteiger partial charge < -0.3 is 10.1 Å². The summed E-state index contributed by atoms with van der Waals surface area (Å²) in [6.07, 6.45) is 3.12. The van der Waals surface area contributed by atoms with Gasteiger partial charge in [0.1, 0.15) is 5.82 Å². The van der Waals surface area contributed by atoms with Crippen LogP contribution in [0.2, 0.25) is 0 Å². The van der Waals surface area contributed by atoms with Crippen molar-refractivity contribution in [3.63, 3.8) is 0 Å². The van der Waals surface area contributed by atoms with Crippen LogP contribution in [-0.2, 0) is 11.2 Å². The van der Waals surface area contributed by atoms with Crippen molar-refractivity contribution >= 4 is 0 Å². The van der Waals surface area contributed by atoms with E-state index < -0.39 is 0 Å². The van der Waals surface area contributed by atoms with Gasteiger partial charge in [-0.2, -0.15) is 0 Å². The van der Waals surface area contributed by atoms with Gasteiger partial charge in [-0.1, -0.05) is 38.5 Å². The van der Waals surface area contributed by atoms with Gasteiger partial charge in [0.25, 0.3) is 0 Å². The van der Waals surface area contributed by atoms with E-state index in [0.29, 0.717) is 11.8 Å². The van der Waals surface area contributed by atoms with Crippen LogP contribution >= 0.6 is 0 Å². The van der Waals surface area contributed by atoms with Gasteiger partial charge in [0.15, 0.2) is 0 Å².